The predicted molar refractivity (Wildman–Crippen MR) is 53.5 cm³/mol. The number of carbonyl (C=O) groups is 1. The first kappa shape index (κ1) is 10.5. The molecule has 0 aromatic heterocycles. The second kappa shape index (κ2) is 4.61. The van der Waals surface area contributed by atoms with Gasteiger partial charge in [-0.1, -0.05) is 6.42 Å². The molecule has 2 N–H and O–H groups in total. The van der Waals surface area contributed by atoms with E-state index < -0.39 is 0 Å². The number of hydrogen-bond acceptors (Lipinski definition) is 2. The summed E-state index contributed by atoms with van der Waals surface area (Å²) in [6.07, 6.45) is 3.33. The molecule has 1 saturated carbocycles. The van der Waals surface area contributed by atoms with E-state index in [0.29, 0.717) is 6.04 Å². The van der Waals surface area contributed by atoms with Crippen LogP contribution in [-0.4, -0.2) is 25.0 Å². The van der Waals surface area contributed by atoms with Gasteiger partial charge in [-0.25, -0.2) is 0 Å². The zero-order valence-electron chi connectivity index (χ0n) is 8.76. The molecule has 0 radical (unpaired) electrons. The summed E-state index contributed by atoms with van der Waals surface area (Å²) in [5, 5.41) is 6.18. The van der Waals surface area contributed by atoms with Crippen LogP contribution in [-0.2, 0) is 4.79 Å². The topological polar surface area (TPSA) is 41.1 Å². The number of carbonyl (C=O) groups excluding carboxylic acids is 1. The van der Waals surface area contributed by atoms with E-state index in [-0.39, 0.29) is 17.9 Å². The number of hydrogen-bond donors (Lipinski definition) is 2. The Morgan fingerprint density at radius 1 is 1.38 bits per heavy atom. The van der Waals surface area contributed by atoms with Crippen molar-refractivity contribution in [1.82, 2.24) is 10.6 Å². The third-order valence-corrected chi connectivity index (χ3v) is 2.65. The van der Waals surface area contributed by atoms with E-state index in [4.69, 9.17) is 0 Å². The van der Waals surface area contributed by atoms with Crippen molar-refractivity contribution < 1.29 is 4.79 Å². The highest BCUT2D eigenvalue weighted by atomic mass is 16.2. The molecule has 1 rings (SSSR count). The molecule has 3 heteroatoms. The Morgan fingerprint density at radius 2 is 2.08 bits per heavy atom. The van der Waals surface area contributed by atoms with Gasteiger partial charge in [0.25, 0.3) is 0 Å². The summed E-state index contributed by atoms with van der Waals surface area (Å²) in [5.41, 5.74) is 0. The first-order valence-electron chi connectivity index (χ1n) is 5.12. The minimum absolute atomic E-state index is 0.187. The molecule has 1 aliphatic rings. The lowest BCUT2D eigenvalue weighted by Gasteiger charge is -2.19. The van der Waals surface area contributed by atoms with Crippen LogP contribution >= 0.6 is 0 Å². The number of rotatable bonds is 3. The highest BCUT2D eigenvalue weighted by Gasteiger charge is 2.31. The summed E-state index contributed by atoms with van der Waals surface area (Å²) < 4.78 is 0. The molecule has 1 aliphatic carbocycles. The normalized spacial score (nSPS) is 28.0. The van der Waals surface area contributed by atoms with Gasteiger partial charge in [0.1, 0.15) is 0 Å². The summed E-state index contributed by atoms with van der Waals surface area (Å²) >= 11 is 0. The van der Waals surface area contributed by atoms with Gasteiger partial charge >= 0.3 is 0 Å². The van der Waals surface area contributed by atoms with Crippen LogP contribution in [0, 0.1) is 5.92 Å². The maximum atomic E-state index is 11.7. The van der Waals surface area contributed by atoms with E-state index in [1.165, 1.54) is 6.42 Å². The number of nitrogens with one attached hydrogen (secondary N) is 2. The van der Waals surface area contributed by atoms with E-state index in [1.54, 1.807) is 0 Å². The van der Waals surface area contributed by atoms with Crippen LogP contribution in [0.25, 0.3) is 0 Å². The average Bonchev–Trinajstić information content (AvgIpc) is 2.49. The van der Waals surface area contributed by atoms with Crippen LogP contribution in [0.1, 0.15) is 33.1 Å². The highest BCUT2D eigenvalue weighted by molar-refractivity contribution is 5.79. The van der Waals surface area contributed by atoms with Gasteiger partial charge in [0.2, 0.25) is 5.91 Å². The SMILES string of the molecule is CN[C@@H]1CCC[C@H]1C(=O)NC(C)C. The maximum absolute atomic E-state index is 11.7. The van der Waals surface area contributed by atoms with E-state index in [2.05, 4.69) is 10.6 Å². The molecule has 13 heavy (non-hydrogen) atoms. The Bertz CT molecular complexity index is 180. The second-order valence-corrected chi connectivity index (χ2v) is 4.10. The van der Waals surface area contributed by atoms with Gasteiger partial charge in [0.15, 0.2) is 0 Å². The van der Waals surface area contributed by atoms with Crippen LogP contribution in [0.15, 0.2) is 0 Å². The molecule has 1 fully saturated rings. The van der Waals surface area contributed by atoms with Crippen molar-refractivity contribution in [1.29, 1.82) is 0 Å². The molecule has 0 bridgehead atoms. The van der Waals surface area contributed by atoms with Crippen LogP contribution in [0.4, 0.5) is 0 Å². The van der Waals surface area contributed by atoms with Gasteiger partial charge in [0.05, 0.1) is 5.92 Å². The summed E-state index contributed by atoms with van der Waals surface area (Å²) in [4.78, 5) is 11.7. The summed E-state index contributed by atoms with van der Waals surface area (Å²) in [7, 11) is 1.94. The Balaban J connectivity index is 2.45. The molecule has 0 aliphatic heterocycles. The Morgan fingerprint density at radius 3 is 2.62 bits per heavy atom. The highest BCUT2D eigenvalue weighted by Crippen LogP contribution is 2.25. The zero-order valence-corrected chi connectivity index (χ0v) is 8.76. The maximum Gasteiger partial charge on any atom is 0.224 e. The van der Waals surface area contributed by atoms with Crippen LogP contribution in [0.3, 0.4) is 0 Å². The average molecular weight is 184 g/mol. The molecule has 0 unspecified atom stereocenters. The third kappa shape index (κ3) is 2.69. The largest absolute Gasteiger partial charge is 0.354 e. The van der Waals surface area contributed by atoms with E-state index in [0.717, 1.165) is 12.8 Å². The summed E-state index contributed by atoms with van der Waals surface area (Å²) in [6.45, 7) is 4.00. The van der Waals surface area contributed by atoms with Crippen molar-refractivity contribution in [3.63, 3.8) is 0 Å². The summed E-state index contributed by atoms with van der Waals surface area (Å²) in [5.74, 6) is 0.402. The fourth-order valence-electron chi connectivity index (χ4n) is 2.01. The number of amides is 1. The van der Waals surface area contributed by atoms with Gasteiger partial charge in [-0.2, -0.15) is 0 Å². The predicted octanol–water partition coefficient (Wildman–Crippen LogP) is 0.899. The van der Waals surface area contributed by atoms with Crippen molar-refractivity contribution in [3.05, 3.63) is 0 Å². The molecule has 0 spiro atoms. The zero-order chi connectivity index (χ0) is 9.84. The lowest BCUT2D eigenvalue weighted by Crippen LogP contribution is -2.42. The van der Waals surface area contributed by atoms with Gasteiger partial charge in [-0.3, -0.25) is 4.79 Å². The first-order valence-corrected chi connectivity index (χ1v) is 5.12. The summed E-state index contributed by atoms with van der Waals surface area (Å²) in [6, 6.07) is 0.643. The standard InChI is InChI=1S/C10H20N2O/c1-7(2)12-10(13)8-5-4-6-9(8)11-3/h7-9,11H,4-6H2,1-3H3,(H,12,13)/t8-,9-/m1/s1. The van der Waals surface area contributed by atoms with E-state index in [1.807, 2.05) is 20.9 Å². The fraction of sp³-hybridized carbons (Fsp3) is 0.900. The molecular formula is C10H20N2O. The molecule has 76 valence electrons. The lowest BCUT2D eigenvalue weighted by atomic mass is 10.0. The molecular weight excluding hydrogens is 164 g/mol. The third-order valence-electron chi connectivity index (χ3n) is 2.65. The van der Waals surface area contributed by atoms with Crippen LogP contribution < -0.4 is 10.6 Å². The minimum atomic E-state index is 0.187. The first-order chi connectivity index (χ1) is 6.15. The molecule has 0 aromatic carbocycles. The van der Waals surface area contributed by atoms with Crippen molar-refractivity contribution in [2.45, 2.75) is 45.2 Å². The Labute approximate surface area is 80.3 Å². The smallest absolute Gasteiger partial charge is 0.224 e. The quantitative estimate of drug-likeness (QED) is 0.684. The monoisotopic (exact) mass is 184 g/mol. The van der Waals surface area contributed by atoms with E-state index in [9.17, 15) is 4.79 Å². The van der Waals surface area contributed by atoms with Crippen molar-refractivity contribution in [3.8, 4) is 0 Å². The van der Waals surface area contributed by atoms with Crippen molar-refractivity contribution in [2.24, 2.45) is 5.92 Å². The second-order valence-electron chi connectivity index (χ2n) is 4.10. The Hall–Kier alpha value is -0.570. The van der Waals surface area contributed by atoms with Crippen molar-refractivity contribution in [2.75, 3.05) is 7.05 Å². The van der Waals surface area contributed by atoms with Gasteiger partial charge in [-0.05, 0) is 33.7 Å². The minimum Gasteiger partial charge on any atom is -0.354 e. The molecule has 1 amide bonds. The molecule has 3 nitrogen and oxygen atoms in total. The van der Waals surface area contributed by atoms with Crippen molar-refractivity contribution >= 4 is 5.91 Å². The van der Waals surface area contributed by atoms with Gasteiger partial charge < -0.3 is 10.6 Å². The molecule has 0 aromatic rings. The molecule has 0 saturated heterocycles. The van der Waals surface area contributed by atoms with Gasteiger partial charge in [-0.15, -0.1) is 0 Å². The Kier molecular flexibility index (Phi) is 3.72. The molecule has 2 atom stereocenters. The fourth-order valence-corrected chi connectivity index (χ4v) is 2.01. The van der Waals surface area contributed by atoms with E-state index >= 15 is 0 Å². The lowest BCUT2D eigenvalue weighted by molar-refractivity contribution is -0.125. The van der Waals surface area contributed by atoms with Gasteiger partial charge in [0, 0.05) is 12.1 Å². The van der Waals surface area contributed by atoms with Crippen LogP contribution in [0.2, 0.25) is 0 Å². The molecule has 0 heterocycles. The van der Waals surface area contributed by atoms with Crippen LogP contribution in [0.5, 0.6) is 0 Å².